The van der Waals surface area contributed by atoms with Crippen LogP contribution in [0.2, 0.25) is 0 Å². The fraction of sp³-hybridized carbons (Fsp3) is 0.391. The number of nitrogens with zero attached hydrogens (tertiary/aromatic N) is 2. The van der Waals surface area contributed by atoms with E-state index in [1.165, 1.54) is 6.92 Å². The van der Waals surface area contributed by atoms with E-state index in [9.17, 15) is 9.59 Å². The van der Waals surface area contributed by atoms with Crippen molar-refractivity contribution in [1.29, 1.82) is 0 Å². The van der Waals surface area contributed by atoms with Gasteiger partial charge in [0.05, 0.1) is 25.0 Å². The molecule has 0 unspecified atom stereocenters. The van der Waals surface area contributed by atoms with Crippen LogP contribution < -0.4 is 25.2 Å². The zero-order valence-corrected chi connectivity index (χ0v) is 18.3. The fourth-order valence-electron chi connectivity index (χ4n) is 3.72. The van der Waals surface area contributed by atoms with Gasteiger partial charge in [-0.3, -0.25) is 9.59 Å². The molecule has 1 aliphatic heterocycles. The number of methoxy groups -OCH3 is 2. The van der Waals surface area contributed by atoms with Gasteiger partial charge < -0.3 is 29.9 Å². The Morgan fingerprint density at radius 3 is 2.29 bits per heavy atom. The van der Waals surface area contributed by atoms with Crippen molar-refractivity contribution in [3.8, 4) is 5.75 Å². The molecule has 1 saturated heterocycles. The molecule has 0 radical (unpaired) electrons. The molecule has 2 aromatic rings. The molecule has 2 aromatic carbocycles. The molecule has 0 saturated carbocycles. The Morgan fingerprint density at radius 2 is 1.65 bits per heavy atom. The topological polar surface area (TPSA) is 83.1 Å². The monoisotopic (exact) mass is 426 g/mol. The Hall–Kier alpha value is -3.26. The SMILES string of the molecule is COCCNC(=O)c1cc(NC(C)=O)ccc1N1CCN(c2ccccc2OC)CC1. The van der Waals surface area contributed by atoms with E-state index in [0.29, 0.717) is 24.4 Å². The summed E-state index contributed by atoms with van der Waals surface area (Å²) in [5, 5.41) is 5.63. The third-order valence-electron chi connectivity index (χ3n) is 5.20. The number of hydrogen-bond donors (Lipinski definition) is 2. The lowest BCUT2D eigenvalue weighted by atomic mass is 10.1. The summed E-state index contributed by atoms with van der Waals surface area (Å²) in [7, 11) is 3.27. The molecule has 0 spiro atoms. The number of hydrogen-bond acceptors (Lipinski definition) is 6. The Kier molecular flexibility index (Phi) is 7.72. The maximum absolute atomic E-state index is 12.9. The van der Waals surface area contributed by atoms with E-state index in [0.717, 1.165) is 43.3 Å². The maximum Gasteiger partial charge on any atom is 0.253 e. The predicted octanol–water partition coefficient (Wildman–Crippen LogP) is 2.36. The number of para-hydroxylation sites is 2. The molecular formula is C23H30N4O4. The van der Waals surface area contributed by atoms with Crippen molar-refractivity contribution in [2.75, 3.05) is 68.7 Å². The van der Waals surface area contributed by atoms with Gasteiger partial charge in [-0.15, -0.1) is 0 Å². The molecule has 2 N–H and O–H groups in total. The van der Waals surface area contributed by atoms with Gasteiger partial charge in [-0.25, -0.2) is 0 Å². The van der Waals surface area contributed by atoms with Crippen LogP contribution in [-0.4, -0.2) is 65.4 Å². The van der Waals surface area contributed by atoms with E-state index in [4.69, 9.17) is 9.47 Å². The van der Waals surface area contributed by atoms with Crippen LogP contribution in [0.5, 0.6) is 5.75 Å². The van der Waals surface area contributed by atoms with Crippen LogP contribution in [0, 0.1) is 0 Å². The summed E-state index contributed by atoms with van der Waals surface area (Å²) >= 11 is 0. The predicted molar refractivity (Wildman–Crippen MR) is 122 cm³/mol. The van der Waals surface area contributed by atoms with Gasteiger partial charge in [-0.05, 0) is 30.3 Å². The number of amides is 2. The average molecular weight is 427 g/mol. The average Bonchev–Trinajstić information content (AvgIpc) is 2.79. The highest BCUT2D eigenvalue weighted by atomic mass is 16.5. The number of carbonyl (C=O) groups excluding carboxylic acids is 2. The highest BCUT2D eigenvalue weighted by molar-refractivity contribution is 6.02. The normalized spacial score (nSPS) is 13.6. The molecule has 0 atom stereocenters. The smallest absolute Gasteiger partial charge is 0.253 e. The zero-order chi connectivity index (χ0) is 22.2. The van der Waals surface area contributed by atoms with Gasteiger partial charge in [0.25, 0.3) is 5.91 Å². The third-order valence-corrected chi connectivity index (χ3v) is 5.20. The summed E-state index contributed by atoms with van der Waals surface area (Å²) in [5.74, 6) is 0.490. The van der Waals surface area contributed by atoms with Crippen LogP contribution in [-0.2, 0) is 9.53 Å². The van der Waals surface area contributed by atoms with Gasteiger partial charge in [0.2, 0.25) is 5.91 Å². The number of anilines is 3. The molecule has 0 bridgehead atoms. The first-order chi connectivity index (χ1) is 15.0. The van der Waals surface area contributed by atoms with Crippen LogP contribution >= 0.6 is 0 Å². The molecule has 0 aromatic heterocycles. The van der Waals surface area contributed by atoms with Crippen molar-refractivity contribution in [3.05, 3.63) is 48.0 Å². The quantitative estimate of drug-likeness (QED) is 0.631. The molecule has 31 heavy (non-hydrogen) atoms. The minimum Gasteiger partial charge on any atom is -0.495 e. The molecule has 166 valence electrons. The molecule has 0 aliphatic carbocycles. The summed E-state index contributed by atoms with van der Waals surface area (Å²) in [6.07, 6.45) is 0. The number of piperazine rings is 1. The Labute approximate surface area is 183 Å². The van der Waals surface area contributed by atoms with E-state index in [-0.39, 0.29) is 11.8 Å². The lowest BCUT2D eigenvalue weighted by Crippen LogP contribution is -2.47. The number of nitrogens with one attached hydrogen (secondary N) is 2. The summed E-state index contributed by atoms with van der Waals surface area (Å²) in [6, 6.07) is 13.4. The molecule has 1 heterocycles. The van der Waals surface area contributed by atoms with Crippen LogP contribution in [0.25, 0.3) is 0 Å². The van der Waals surface area contributed by atoms with Crippen molar-refractivity contribution in [1.82, 2.24) is 5.32 Å². The third kappa shape index (κ3) is 5.67. The van der Waals surface area contributed by atoms with E-state index in [1.54, 1.807) is 20.3 Å². The lowest BCUT2D eigenvalue weighted by Gasteiger charge is -2.38. The van der Waals surface area contributed by atoms with Gasteiger partial charge in [0, 0.05) is 58.1 Å². The van der Waals surface area contributed by atoms with E-state index >= 15 is 0 Å². The molecule has 8 heteroatoms. The van der Waals surface area contributed by atoms with Crippen LogP contribution in [0.15, 0.2) is 42.5 Å². The fourth-order valence-corrected chi connectivity index (χ4v) is 3.72. The largest absolute Gasteiger partial charge is 0.495 e. The Bertz CT molecular complexity index is 910. The number of benzene rings is 2. The first-order valence-electron chi connectivity index (χ1n) is 10.3. The number of rotatable bonds is 8. The van der Waals surface area contributed by atoms with Gasteiger partial charge in [-0.2, -0.15) is 0 Å². The van der Waals surface area contributed by atoms with Crippen molar-refractivity contribution in [2.45, 2.75) is 6.92 Å². The Morgan fingerprint density at radius 1 is 0.968 bits per heavy atom. The highest BCUT2D eigenvalue weighted by Crippen LogP contribution is 2.31. The summed E-state index contributed by atoms with van der Waals surface area (Å²) < 4.78 is 10.5. The summed E-state index contributed by atoms with van der Waals surface area (Å²) in [5.41, 5.74) is 3.06. The molecule has 1 aliphatic rings. The van der Waals surface area contributed by atoms with E-state index in [1.807, 2.05) is 30.3 Å². The van der Waals surface area contributed by atoms with E-state index < -0.39 is 0 Å². The molecule has 2 amide bonds. The van der Waals surface area contributed by atoms with Crippen molar-refractivity contribution in [3.63, 3.8) is 0 Å². The first-order valence-corrected chi connectivity index (χ1v) is 10.3. The minimum absolute atomic E-state index is 0.177. The highest BCUT2D eigenvalue weighted by Gasteiger charge is 2.23. The molecule has 1 fully saturated rings. The Balaban J connectivity index is 1.78. The van der Waals surface area contributed by atoms with Crippen LogP contribution in [0.1, 0.15) is 17.3 Å². The van der Waals surface area contributed by atoms with Crippen LogP contribution in [0.4, 0.5) is 17.1 Å². The van der Waals surface area contributed by atoms with Gasteiger partial charge in [-0.1, -0.05) is 12.1 Å². The van der Waals surface area contributed by atoms with Crippen molar-refractivity contribution >= 4 is 28.9 Å². The first kappa shape index (κ1) is 22.4. The second-order valence-corrected chi connectivity index (χ2v) is 7.31. The summed E-state index contributed by atoms with van der Waals surface area (Å²) in [4.78, 5) is 28.8. The van der Waals surface area contributed by atoms with Crippen LogP contribution in [0.3, 0.4) is 0 Å². The van der Waals surface area contributed by atoms with Gasteiger partial charge >= 0.3 is 0 Å². The zero-order valence-electron chi connectivity index (χ0n) is 18.3. The number of ether oxygens (including phenoxy) is 2. The summed E-state index contributed by atoms with van der Waals surface area (Å²) in [6.45, 7) is 5.43. The van der Waals surface area contributed by atoms with E-state index in [2.05, 4.69) is 26.5 Å². The minimum atomic E-state index is -0.189. The second kappa shape index (κ2) is 10.7. The molecule has 3 rings (SSSR count). The van der Waals surface area contributed by atoms with Gasteiger partial charge in [0.15, 0.2) is 0 Å². The standard InChI is InChI=1S/C23H30N4O4/c1-17(28)25-18-8-9-20(19(16-18)23(29)24-10-15-30-2)26-11-13-27(14-12-26)21-6-4-5-7-22(21)31-3/h4-9,16H,10-15H2,1-3H3,(H,24,29)(H,25,28). The van der Waals surface area contributed by atoms with Gasteiger partial charge in [0.1, 0.15) is 5.75 Å². The lowest BCUT2D eigenvalue weighted by molar-refractivity contribution is -0.114. The number of carbonyl (C=O) groups is 2. The van der Waals surface area contributed by atoms with Crippen molar-refractivity contribution in [2.24, 2.45) is 0 Å². The maximum atomic E-state index is 12.9. The molecule has 8 nitrogen and oxygen atoms in total. The molecular weight excluding hydrogens is 396 g/mol. The second-order valence-electron chi connectivity index (χ2n) is 7.31. The van der Waals surface area contributed by atoms with Crippen molar-refractivity contribution < 1.29 is 19.1 Å².